The van der Waals surface area contributed by atoms with E-state index in [4.69, 9.17) is 4.74 Å². The van der Waals surface area contributed by atoms with E-state index in [0.717, 1.165) is 10.3 Å². The molecular formula is C9H13BrN2O. The second-order valence-electron chi connectivity index (χ2n) is 3.09. The summed E-state index contributed by atoms with van der Waals surface area (Å²) >= 11 is 3.28. The molecule has 0 saturated heterocycles. The molecule has 0 aliphatic carbocycles. The van der Waals surface area contributed by atoms with Gasteiger partial charge in [-0.2, -0.15) is 0 Å². The molecule has 1 rings (SSSR count). The maximum atomic E-state index is 5.54. The maximum absolute atomic E-state index is 5.54. The van der Waals surface area contributed by atoms with Crippen LogP contribution >= 0.6 is 15.9 Å². The van der Waals surface area contributed by atoms with E-state index in [2.05, 4.69) is 25.9 Å². The topological polar surface area (TPSA) is 35.0 Å². The highest BCUT2D eigenvalue weighted by Gasteiger charge is 2.09. The van der Waals surface area contributed by atoms with Crippen LogP contribution in [0.3, 0.4) is 0 Å². The van der Waals surface area contributed by atoms with Crippen molar-refractivity contribution in [1.29, 1.82) is 0 Å². The first-order valence-electron chi connectivity index (χ1n) is 4.22. The summed E-state index contributed by atoms with van der Waals surface area (Å²) in [4.78, 5) is 8.30. The summed E-state index contributed by atoms with van der Waals surface area (Å²) in [5, 5.41) is 0. The Bertz CT molecular complexity index is 261. The molecule has 0 aliphatic rings. The lowest BCUT2D eigenvalue weighted by atomic mass is 10.3. The molecular weight excluding hydrogens is 232 g/mol. The van der Waals surface area contributed by atoms with Crippen LogP contribution < -0.4 is 0 Å². The smallest absolute Gasteiger partial charge is 0.156 e. The molecule has 4 heteroatoms. The van der Waals surface area contributed by atoms with Crippen molar-refractivity contribution in [2.24, 2.45) is 0 Å². The molecule has 0 radical (unpaired) electrons. The van der Waals surface area contributed by atoms with Crippen LogP contribution in [0, 0.1) is 0 Å². The number of halogens is 1. The molecule has 0 spiro atoms. The van der Waals surface area contributed by atoms with Crippen molar-refractivity contribution in [2.75, 3.05) is 0 Å². The van der Waals surface area contributed by atoms with Gasteiger partial charge in [0.1, 0.15) is 6.10 Å². The molecule has 0 N–H and O–H groups in total. The molecule has 1 heterocycles. The van der Waals surface area contributed by atoms with Crippen molar-refractivity contribution in [3.8, 4) is 0 Å². The molecule has 3 nitrogen and oxygen atoms in total. The normalized spacial score (nSPS) is 13.3. The highest BCUT2D eigenvalue weighted by molar-refractivity contribution is 9.10. The first kappa shape index (κ1) is 10.6. The summed E-state index contributed by atoms with van der Waals surface area (Å²) in [5.74, 6) is 0.719. The van der Waals surface area contributed by atoms with Crippen molar-refractivity contribution in [3.63, 3.8) is 0 Å². The lowest BCUT2D eigenvalue weighted by molar-refractivity contribution is 0.0128. The van der Waals surface area contributed by atoms with Crippen molar-refractivity contribution in [3.05, 3.63) is 22.7 Å². The van der Waals surface area contributed by atoms with Crippen LogP contribution in [0.4, 0.5) is 0 Å². The lowest BCUT2D eigenvalue weighted by Crippen LogP contribution is -2.10. The van der Waals surface area contributed by atoms with Gasteiger partial charge in [-0.15, -0.1) is 0 Å². The predicted octanol–water partition coefficient (Wildman–Crippen LogP) is 2.73. The molecule has 0 amide bonds. The fourth-order valence-corrected chi connectivity index (χ4v) is 1.21. The average Bonchev–Trinajstić information content (AvgIpc) is 2.04. The standard InChI is InChI=1S/C9H13BrN2O/c1-6(2)13-7(3)9-11-4-8(10)5-12-9/h4-7H,1-3H3. The van der Waals surface area contributed by atoms with Crippen molar-refractivity contribution in [1.82, 2.24) is 9.97 Å². The van der Waals surface area contributed by atoms with E-state index in [9.17, 15) is 0 Å². The molecule has 1 aromatic heterocycles. The van der Waals surface area contributed by atoms with Crippen molar-refractivity contribution >= 4 is 15.9 Å². The van der Waals surface area contributed by atoms with Gasteiger partial charge in [0.05, 0.1) is 10.6 Å². The van der Waals surface area contributed by atoms with Gasteiger partial charge in [-0.3, -0.25) is 0 Å². The third-order valence-corrected chi connectivity index (χ3v) is 1.89. The first-order chi connectivity index (χ1) is 6.09. The average molecular weight is 245 g/mol. The van der Waals surface area contributed by atoms with Crippen LogP contribution in [0.1, 0.15) is 32.7 Å². The van der Waals surface area contributed by atoms with Gasteiger partial charge in [-0.05, 0) is 36.7 Å². The Kier molecular flexibility index (Phi) is 3.81. The lowest BCUT2D eigenvalue weighted by Gasteiger charge is -2.14. The zero-order valence-corrected chi connectivity index (χ0v) is 9.58. The van der Waals surface area contributed by atoms with Crippen LogP contribution in [0.15, 0.2) is 16.9 Å². The molecule has 13 heavy (non-hydrogen) atoms. The van der Waals surface area contributed by atoms with Crippen LogP contribution in [0.2, 0.25) is 0 Å². The summed E-state index contributed by atoms with van der Waals surface area (Å²) in [7, 11) is 0. The number of rotatable bonds is 3. The van der Waals surface area contributed by atoms with Crippen LogP contribution in [0.25, 0.3) is 0 Å². The summed E-state index contributed by atoms with van der Waals surface area (Å²) < 4.78 is 6.42. The highest BCUT2D eigenvalue weighted by Crippen LogP contribution is 2.15. The minimum absolute atomic E-state index is 0.0481. The van der Waals surface area contributed by atoms with Gasteiger partial charge in [0.2, 0.25) is 0 Å². The van der Waals surface area contributed by atoms with Gasteiger partial charge >= 0.3 is 0 Å². The molecule has 0 fully saturated rings. The molecule has 72 valence electrons. The van der Waals surface area contributed by atoms with Gasteiger partial charge in [-0.25, -0.2) is 9.97 Å². The zero-order chi connectivity index (χ0) is 9.84. The third kappa shape index (κ3) is 3.40. The molecule has 1 unspecified atom stereocenters. The quantitative estimate of drug-likeness (QED) is 0.821. The van der Waals surface area contributed by atoms with Crippen LogP contribution in [0.5, 0.6) is 0 Å². The Morgan fingerprint density at radius 2 is 1.77 bits per heavy atom. The third-order valence-electron chi connectivity index (χ3n) is 1.48. The van der Waals surface area contributed by atoms with E-state index in [1.807, 2.05) is 20.8 Å². The summed E-state index contributed by atoms with van der Waals surface area (Å²) in [5.41, 5.74) is 0. The number of aromatic nitrogens is 2. The van der Waals surface area contributed by atoms with Crippen LogP contribution in [-0.4, -0.2) is 16.1 Å². The van der Waals surface area contributed by atoms with E-state index < -0.39 is 0 Å². The van der Waals surface area contributed by atoms with Crippen molar-refractivity contribution in [2.45, 2.75) is 33.0 Å². The number of hydrogen-bond donors (Lipinski definition) is 0. The summed E-state index contributed by atoms with van der Waals surface area (Å²) in [6.07, 6.45) is 3.60. The van der Waals surface area contributed by atoms with E-state index >= 15 is 0 Å². The molecule has 0 saturated carbocycles. The van der Waals surface area contributed by atoms with E-state index in [1.165, 1.54) is 0 Å². The monoisotopic (exact) mass is 244 g/mol. The summed E-state index contributed by atoms with van der Waals surface area (Å²) in [6, 6.07) is 0. The van der Waals surface area contributed by atoms with Gasteiger partial charge in [0, 0.05) is 12.4 Å². The Morgan fingerprint density at radius 1 is 1.23 bits per heavy atom. The highest BCUT2D eigenvalue weighted by atomic mass is 79.9. The molecule has 1 aromatic rings. The first-order valence-corrected chi connectivity index (χ1v) is 5.02. The van der Waals surface area contributed by atoms with Gasteiger partial charge in [0.25, 0.3) is 0 Å². The Hall–Kier alpha value is -0.480. The SMILES string of the molecule is CC(C)OC(C)c1ncc(Br)cn1. The molecule has 0 bridgehead atoms. The van der Waals surface area contributed by atoms with Gasteiger partial charge < -0.3 is 4.74 Å². The Morgan fingerprint density at radius 3 is 2.23 bits per heavy atom. The second-order valence-corrected chi connectivity index (χ2v) is 4.00. The molecule has 0 aromatic carbocycles. The van der Waals surface area contributed by atoms with Crippen molar-refractivity contribution < 1.29 is 4.74 Å². The second kappa shape index (κ2) is 4.67. The Balaban J connectivity index is 2.66. The predicted molar refractivity (Wildman–Crippen MR) is 54.4 cm³/mol. The van der Waals surface area contributed by atoms with E-state index in [-0.39, 0.29) is 12.2 Å². The van der Waals surface area contributed by atoms with Gasteiger partial charge in [-0.1, -0.05) is 0 Å². The number of hydrogen-bond acceptors (Lipinski definition) is 3. The van der Waals surface area contributed by atoms with Crippen LogP contribution in [-0.2, 0) is 4.74 Å². The van der Waals surface area contributed by atoms with E-state index in [1.54, 1.807) is 12.4 Å². The van der Waals surface area contributed by atoms with Gasteiger partial charge in [0.15, 0.2) is 5.82 Å². The maximum Gasteiger partial charge on any atom is 0.156 e. The fourth-order valence-electron chi connectivity index (χ4n) is 1.00. The minimum atomic E-state index is -0.0481. The number of ether oxygens (including phenoxy) is 1. The molecule has 0 aliphatic heterocycles. The Labute approximate surface area is 86.7 Å². The largest absolute Gasteiger partial charge is 0.368 e. The fraction of sp³-hybridized carbons (Fsp3) is 0.556. The zero-order valence-electron chi connectivity index (χ0n) is 7.99. The van der Waals surface area contributed by atoms with E-state index in [0.29, 0.717) is 0 Å². The summed E-state index contributed by atoms with van der Waals surface area (Å²) in [6.45, 7) is 5.94. The number of nitrogens with zero attached hydrogens (tertiary/aromatic N) is 2. The minimum Gasteiger partial charge on any atom is -0.368 e. The molecule has 1 atom stereocenters.